The molecule has 1 N–H and O–H groups in total. The molecule has 0 atom stereocenters. The fourth-order valence-electron chi connectivity index (χ4n) is 1.91. The van der Waals surface area contributed by atoms with Gasteiger partial charge in [0, 0.05) is 35.8 Å². The van der Waals surface area contributed by atoms with Gasteiger partial charge in [-0.15, -0.1) is 0 Å². The maximum Gasteiger partial charge on any atom is 0.119 e. The third-order valence-corrected chi connectivity index (χ3v) is 3.73. The van der Waals surface area contributed by atoms with E-state index in [1.165, 1.54) is 5.56 Å². The average Bonchev–Trinajstić information content (AvgIpc) is 2.52. The van der Waals surface area contributed by atoms with E-state index < -0.39 is 0 Å². The zero-order valence-corrected chi connectivity index (χ0v) is 15.1. The van der Waals surface area contributed by atoms with Crippen LogP contribution in [0.2, 0.25) is 10.0 Å². The largest absolute Gasteiger partial charge is 1.00 e. The van der Waals surface area contributed by atoms with Gasteiger partial charge in [-0.1, -0.05) is 41.4 Å². The van der Waals surface area contributed by atoms with Gasteiger partial charge in [0.1, 0.15) is 12.4 Å². The predicted octanol–water partition coefficient (Wildman–Crippen LogP) is 1.31. The van der Waals surface area contributed by atoms with Gasteiger partial charge in [0.25, 0.3) is 0 Å². The van der Waals surface area contributed by atoms with Gasteiger partial charge in [0.05, 0.1) is 6.61 Å². The van der Waals surface area contributed by atoms with Gasteiger partial charge < -0.3 is 27.2 Å². The monoisotopic (exact) mass is 374 g/mol. The van der Waals surface area contributed by atoms with Crippen molar-refractivity contribution in [3.63, 3.8) is 0 Å². The summed E-state index contributed by atoms with van der Waals surface area (Å²) in [7, 11) is 1.70. The van der Waals surface area contributed by atoms with Crippen molar-refractivity contribution in [1.82, 2.24) is 5.32 Å². The van der Waals surface area contributed by atoms with Crippen LogP contribution in [0.1, 0.15) is 11.1 Å². The Bertz CT molecular complexity index is 591. The zero-order valence-electron chi connectivity index (χ0n) is 12.8. The number of ether oxygens (including phenoxy) is 2. The van der Waals surface area contributed by atoms with Crippen molar-refractivity contribution < 1.29 is 21.9 Å². The van der Waals surface area contributed by atoms with Crippen molar-refractivity contribution in [2.24, 2.45) is 0 Å². The number of halogens is 3. The summed E-state index contributed by atoms with van der Waals surface area (Å²) in [6, 6.07) is 13.4. The maximum atomic E-state index is 6.12. The second-order valence-electron chi connectivity index (χ2n) is 4.84. The van der Waals surface area contributed by atoms with E-state index in [1.807, 2.05) is 30.3 Å². The lowest BCUT2D eigenvalue weighted by Crippen LogP contribution is -3.00. The first-order valence-electron chi connectivity index (χ1n) is 7.04. The lowest BCUT2D eigenvalue weighted by Gasteiger charge is -2.09. The van der Waals surface area contributed by atoms with Crippen molar-refractivity contribution in [2.75, 3.05) is 20.3 Å². The molecule has 0 spiro atoms. The number of hydrogen-bond donors (Lipinski definition) is 1. The Labute approximate surface area is 153 Å². The molecule has 0 fully saturated rings. The van der Waals surface area contributed by atoms with Crippen LogP contribution in [0.3, 0.4) is 0 Å². The Morgan fingerprint density at radius 2 is 1.78 bits per heavy atom. The van der Waals surface area contributed by atoms with Crippen LogP contribution in [0, 0.1) is 0 Å². The van der Waals surface area contributed by atoms with E-state index in [2.05, 4.69) is 5.32 Å². The summed E-state index contributed by atoms with van der Waals surface area (Å²) in [6.07, 6.45) is 0. The highest BCUT2D eigenvalue weighted by molar-refractivity contribution is 6.35. The van der Waals surface area contributed by atoms with Gasteiger partial charge in [0.15, 0.2) is 0 Å². The van der Waals surface area contributed by atoms with Gasteiger partial charge >= 0.3 is 0 Å². The van der Waals surface area contributed by atoms with Crippen molar-refractivity contribution in [3.8, 4) is 5.75 Å². The third-order valence-electron chi connectivity index (χ3n) is 3.14. The molecule has 0 saturated carbocycles. The minimum atomic E-state index is 0. The van der Waals surface area contributed by atoms with Crippen LogP contribution in [0.5, 0.6) is 5.75 Å². The Morgan fingerprint density at radius 3 is 2.43 bits per heavy atom. The van der Waals surface area contributed by atoms with Crippen molar-refractivity contribution in [3.05, 3.63) is 63.6 Å². The van der Waals surface area contributed by atoms with E-state index in [4.69, 9.17) is 32.7 Å². The van der Waals surface area contributed by atoms with Crippen molar-refractivity contribution >= 4 is 23.2 Å². The second-order valence-corrected chi connectivity index (χ2v) is 5.68. The number of nitrogens with one attached hydrogen (secondary N) is 1. The Hall–Kier alpha value is -0.970. The van der Waals surface area contributed by atoms with Crippen molar-refractivity contribution in [1.29, 1.82) is 0 Å². The molecule has 0 aliphatic heterocycles. The molecule has 0 aliphatic carbocycles. The lowest BCUT2D eigenvalue weighted by atomic mass is 10.2. The SMILES string of the molecule is COCCNCc1ccc(OCc2ccc(Cl)cc2Cl)cc1.[Cl-]. The van der Waals surface area contributed by atoms with E-state index in [-0.39, 0.29) is 12.4 Å². The topological polar surface area (TPSA) is 30.5 Å². The number of methoxy groups -OCH3 is 1. The predicted molar refractivity (Wildman–Crippen MR) is 90.8 cm³/mol. The highest BCUT2D eigenvalue weighted by Gasteiger charge is 2.03. The van der Waals surface area contributed by atoms with E-state index in [9.17, 15) is 0 Å². The van der Waals surface area contributed by atoms with E-state index in [1.54, 1.807) is 19.2 Å². The van der Waals surface area contributed by atoms with Gasteiger partial charge in [-0.3, -0.25) is 0 Å². The molecule has 0 amide bonds. The number of hydrogen-bond acceptors (Lipinski definition) is 3. The smallest absolute Gasteiger partial charge is 0.119 e. The summed E-state index contributed by atoms with van der Waals surface area (Å²) in [4.78, 5) is 0. The van der Waals surface area contributed by atoms with E-state index in [0.717, 1.165) is 24.4 Å². The molecule has 0 aromatic heterocycles. The molecule has 2 rings (SSSR count). The Morgan fingerprint density at radius 1 is 1.04 bits per heavy atom. The third kappa shape index (κ3) is 6.98. The van der Waals surface area contributed by atoms with Crippen LogP contribution >= 0.6 is 23.2 Å². The second kappa shape index (κ2) is 10.7. The van der Waals surface area contributed by atoms with Crippen LogP contribution < -0.4 is 22.5 Å². The lowest BCUT2D eigenvalue weighted by molar-refractivity contribution is -0.00000504. The summed E-state index contributed by atoms with van der Waals surface area (Å²) < 4.78 is 10.7. The molecule has 0 unspecified atom stereocenters. The zero-order chi connectivity index (χ0) is 15.8. The minimum Gasteiger partial charge on any atom is -1.00 e. The Balaban J connectivity index is 0.00000264. The number of rotatable bonds is 8. The molecule has 126 valence electrons. The van der Waals surface area contributed by atoms with Gasteiger partial charge in [-0.05, 0) is 29.8 Å². The quantitative estimate of drug-likeness (QED) is 0.706. The molecule has 0 heterocycles. The highest BCUT2D eigenvalue weighted by Crippen LogP contribution is 2.22. The highest BCUT2D eigenvalue weighted by atomic mass is 35.5. The number of benzene rings is 2. The Kier molecular flexibility index (Phi) is 9.37. The van der Waals surface area contributed by atoms with Gasteiger partial charge in [-0.2, -0.15) is 0 Å². The standard InChI is InChI=1S/C17H19Cl2NO2.ClH/c1-21-9-8-20-11-13-2-6-16(7-3-13)22-12-14-4-5-15(18)10-17(14)19;/h2-7,10,20H,8-9,11-12H2,1H3;1H/p-1. The van der Waals surface area contributed by atoms with Crippen LogP contribution in [-0.4, -0.2) is 20.3 Å². The molecule has 0 aliphatic rings. The molecule has 23 heavy (non-hydrogen) atoms. The molecule has 0 bridgehead atoms. The first kappa shape index (κ1) is 20.1. The van der Waals surface area contributed by atoms with Crippen LogP contribution in [0.15, 0.2) is 42.5 Å². The van der Waals surface area contributed by atoms with Crippen LogP contribution in [-0.2, 0) is 17.9 Å². The van der Waals surface area contributed by atoms with Crippen LogP contribution in [0.25, 0.3) is 0 Å². The normalized spacial score (nSPS) is 10.2. The molecule has 6 heteroatoms. The van der Waals surface area contributed by atoms with Gasteiger partial charge in [0.2, 0.25) is 0 Å². The van der Waals surface area contributed by atoms with Gasteiger partial charge in [-0.25, -0.2) is 0 Å². The fraction of sp³-hybridized carbons (Fsp3) is 0.294. The summed E-state index contributed by atoms with van der Waals surface area (Å²) in [6.45, 7) is 2.78. The molecule has 2 aromatic carbocycles. The molecule has 0 radical (unpaired) electrons. The summed E-state index contributed by atoms with van der Waals surface area (Å²) >= 11 is 12.0. The maximum absolute atomic E-state index is 6.12. The summed E-state index contributed by atoms with van der Waals surface area (Å²) in [5, 5.41) is 4.54. The summed E-state index contributed by atoms with van der Waals surface area (Å²) in [5.41, 5.74) is 2.12. The molecule has 0 saturated heterocycles. The molecule has 3 nitrogen and oxygen atoms in total. The van der Waals surface area contributed by atoms with E-state index in [0.29, 0.717) is 23.3 Å². The summed E-state index contributed by atoms with van der Waals surface area (Å²) in [5.74, 6) is 0.812. The fourth-order valence-corrected chi connectivity index (χ4v) is 2.37. The van der Waals surface area contributed by atoms with E-state index >= 15 is 0 Å². The first-order chi connectivity index (χ1) is 10.7. The average molecular weight is 376 g/mol. The molecular weight excluding hydrogens is 357 g/mol. The molecular formula is C17H19Cl3NO2-. The molecule has 2 aromatic rings. The van der Waals surface area contributed by atoms with Crippen molar-refractivity contribution in [2.45, 2.75) is 13.2 Å². The van der Waals surface area contributed by atoms with Crippen LogP contribution in [0.4, 0.5) is 0 Å². The minimum absolute atomic E-state index is 0. The first-order valence-corrected chi connectivity index (χ1v) is 7.80.